The molecule has 7 nitrogen and oxygen atoms in total. The summed E-state index contributed by atoms with van der Waals surface area (Å²) in [5.74, 6) is 0.0487. The highest BCUT2D eigenvalue weighted by molar-refractivity contribution is 8.15. The Morgan fingerprint density at radius 1 is 1.07 bits per heavy atom. The Morgan fingerprint density at radius 2 is 1.82 bits per heavy atom. The number of carbonyl (C=O) groups excluding carboxylic acids is 2. The van der Waals surface area contributed by atoms with Gasteiger partial charge in [-0.05, 0) is 60.5 Å². The van der Waals surface area contributed by atoms with Crippen molar-refractivity contribution in [1.29, 1.82) is 0 Å². The summed E-state index contributed by atoms with van der Waals surface area (Å²) in [6, 6.07) is 14.8. The van der Waals surface area contributed by atoms with E-state index in [4.69, 9.17) is 21.1 Å². The third kappa shape index (κ3) is 6.89. The third-order valence-corrected chi connectivity index (χ3v) is 7.62. The van der Waals surface area contributed by atoms with Gasteiger partial charge in [-0.15, -0.1) is 0 Å². The van der Waals surface area contributed by atoms with Gasteiger partial charge in [0.2, 0.25) is 11.8 Å². The molecular weight excluding hydrogens is 567 g/mol. The number of amides is 2. The van der Waals surface area contributed by atoms with E-state index in [9.17, 15) is 22.8 Å². The van der Waals surface area contributed by atoms with Gasteiger partial charge in [0, 0.05) is 17.1 Å². The van der Waals surface area contributed by atoms with E-state index in [1.807, 2.05) is 13.0 Å². The number of ether oxygens (including phenoxy) is 2. The van der Waals surface area contributed by atoms with Gasteiger partial charge >= 0.3 is 6.18 Å². The molecule has 0 radical (unpaired) electrons. The summed E-state index contributed by atoms with van der Waals surface area (Å²) >= 11 is 7.37. The van der Waals surface area contributed by atoms with E-state index < -0.39 is 22.9 Å². The number of halogens is 4. The summed E-state index contributed by atoms with van der Waals surface area (Å²) in [6.07, 6.45) is -4.82. The lowest BCUT2D eigenvalue weighted by Crippen LogP contribution is -2.33. The Hall–Kier alpha value is -3.70. The van der Waals surface area contributed by atoms with Gasteiger partial charge in [0.25, 0.3) is 0 Å². The van der Waals surface area contributed by atoms with Crippen LogP contribution in [0.15, 0.2) is 65.7 Å². The van der Waals surface area contributed by atoms with Crippen molar-refractivity contribution in [3.63, 3.8) is 0 Å². The number of aryl methyl sites for hydroxylation is 1. The normalized spacial score (nSPS) is 16.4. The SMILES string of the molecule is COc1ccc(CN2C(=O)[C@@H](CC(=O)Nc3cccc(C(F)(F)F)c3)SC2=Nc2ccc(C)c(Cl)c2)cc1OC. The minimum atomic E-state index is -4.55. The number of carbonyl (C=O) groups is 2. The first-order chi connectivity index (χ1) is 19.0. The number of alkyl halides is 3. The van der Waals surface area contributed by atoms with Gasteiger partial charge in [0.15, 0.2) is 16.7 Å². The number of hydrogen-bond acceptors (Lipinski definition) is 6. The molecule has 1 aliphatic heterocycles. The molecule has 1 N–H and O–H groups in total. The van der Waals surface area contributed by atoms with Crippen LogP contribution >= 0.6 is 23.4 Å². The Kier molecular flexibility index (Phi) is 8.95. The fourth-order valence-corrected chi connectivity index (χ4v) is 5.28. The van der Waals surface area contributed by atoms with Crippen molar-refractivity contribution in [1.82, 2.24) is 4.90 Å². The van der Waals surface area contributed by atoms with E-state index >= 15 is 0 Å². The zero-order chi connectivity index (χ0) is 29.0. The van der Waals surface area contributed by atoms with Gasteiger partial charge in [-0.1, -0.05) is 41.6 Å². The lowest BCUT2D eigenvalue weighted by atomic mass is 10.1. The molecule has 1 atom stereocenters. The molecule has 40 heavy (non-hydrogen) atoms. The molecule has 12 heteroatoms. The molecule has 0 bridgehead atoms. The smallest absolute Gasteiger partial charge is 0.416 e. The predicted molar refractivity (Wildman–Crippen MR) is 149 cm³/mol. The maximum atomic E-state index is 13.5. The average Bonchev–Trinajstić information content (AvgIpc) is 3.18. The van der Waals surface area contributed by atoms with Crippen LogP contribution < -0.4 is 14.8 Å². The summed E-state index contributed by atoms with van der Waals surface area (Å²) in [5.41, 5.74) is 1.23. The summed E-state index contributed by atoms with van der Waals surface area (Å²) < 4.78 is 49.8. The summed E-state index contributed by atoms with van der Waals surface area (Å²) in [5, 5.41) is 2.49. The second-order valence-corrected chi connectivity index (χ2v) is 10.5. The average molecular weight is 592 g/mol. The van der Waals surface area contributed by atoms with Crippen LogP contribution in [0.3, 0.4) is 0 Å². The number of anilines is 1. The molecule has 3 aromatic rings. The van der Waals surface area contributed by atoms with Gasteiger partial charge in [-0.2, -0.15) is 13.2 Å². The van der Waals surface area contributed by atoms with Crippen molar-refractivity contribution >= 4 is 51.7 Å². The van der Waals surface area contributed by atoms with Crippen LogP contribution in [0.5, 0.6) is 11.5 Å². The molecule has 0 aliphatic carbocycles. The molecule has 1 heterocycles. The first kappa shape index (κ1) is 29.3. The predicted octanol–water partition coefficient (Wildman–Crippen LogP) is 6.84. The molecule has 1 saturated heterocycles. The molecule has 0 saturated carbocycles. The first-order valence-electron chi connectivity index (χ1n) is 12.0. The fraction of sp³-hybridized carbons (Fsp3) is 0.250. The largest absolute Gasteiger partial charge is 0.493 e. The van der Waals surface area contributed by atoms with E-state index in [1.54, 1.807) is 30.3 Å². The first-order valence-corrected chi connectivity index (χ1v) is 13.2. The van der Waals surface area contributed by atoms with Crippen molar-refractivity contribution in [3.8, 4) is 11.5 Å². The molecular formula is C28H25ClF3N3O4S. The van der Waals surface area contributed by atoms with Crippen molar-refractivity contribution in [3.05, 3.63) is 82.4 Å². The van der Waals surface area contributed by atoms with Crippen LogP contribution in [0.1, 0.15) is 23.1 Å². The van der Waals surface area contributed by atoms with Gasteiger partial charge in [-0.25, -0.2) is 4.99 Å². The quantitative estimate of drug-likeness (QED) is 0.310. The van der Waals surface area contributed by atoms with Gasteiger partial charge in [-0.3, -0.25) is 14.5 Å². The molecule has 0 aromatic heterocycles. The number of hydrogen-bond donors (Lipinski definition) is 1. The number of amidine groups is 1. The number of rotatable bonds is 8. The van der Waals surface area contributed by atoms with E-state index in [2.05, 4.69) is 10.3 Å². The van der Waals surface area contributed by atoms with Crippen molar-refractivity contribution in [2.75, 3.05) is 19.5 Å². The van der Waals surface area contributed by atoms with Crippen molar-refractivity contribution in [2.24, 2.45) is 4.99 Å². The molecule has 1 fully saturated rings. The fourth-order valence-electron chi connectivity index (χ4n) is 3.95. The van der Waals surface area contributed by atoms with Crippen LogP contribution in [-0.2, 0) is 22.3 Å². The monoisotopic (exact) mass is 591 g/mol. The summed E-state index contributed by atoms with van der Waals surface area (Å²) in [6.45, 7) is 1.99. The lowest BCUT2D eigenvalue weighted by Gasteiger charge is -2.18. The zero-order valence-electron chi connectivity index (χ0n) is 21.7. The number of methoxy groups -OCH3 is 2. The Labute approximate surface area is 238 Å². The van der Waals surface area contributed by atoms with Crippen molar-refractivity contribution < 1.29 is 32.2 Å². The molecule has 3 aromatic carbocycles. The van der Waals surface area contributed by atoms with Gasteiger partial charge in [0.1, 0.15) is 5.25 Å². The highest BCUT2D eigenvalue weighted by atomic mass is 35.5. The van der Waals surface area contributed by atoms with E-state index in [0.29, 0.717) is 27.4 Å². The van der Waals surface area contributed by atoms with Crippen LogP contribution in [-0.4, -0.2) is 41.4 Å². The van der Waals surface area contributed by atoms with E-state index in [0.717, 1.165) is 35.0 Å². The maximum Gasteiger partial charge on any atom is 0.416 e. The summed E-state index contributed by atoms with van der Waals surface area (Å²) in [7, 11) is 3.02. The number of thioether (sulfide) groups is 1. The molecule has 0 unspecified atom stereocenters. The molecule has 0 spiro atoms. The van der Waals surface area contributed by atoms with Crippen LogP contribution in [0.2, 0.25) is 5.02 Å². The minimum absolute atomic E-state index is 0.0133. The second kappa shape index (κ2) is 12.2. The Morgan fingerprint density at radius 3 is 2.50 bits per heavy atom. The minimum Gasteiger partial charge on any atom is -0.493 e. The highest BCUT2D eigenvalue weighted by Gasteiger charge is 2.39. The number of nitrogens with one attached hydrogen (secondary N) is 1. The van der Waals surface area contributed by atoms with E-state index in [1.165, 1.54) is 31.3 Å². The van der Waals surface area contributed by atoms with Crippen LogP contribution in [0, 0.1) is 6.92 Å². The molecule has 1 aliphatic rings. The summed E-state index contributed by atoms with van der Waals surface area (Å²) in [4.78, 5) is 32.4. The standard InChI is InChI=1S/C28H25ClF3N3O4S/c1-16-7-9-20(13-21(16)29)34-27-35(15-17-8-10-22(38-2)23(11-17)39-3)26(37)24(40-27)14-25(36)33-19-6-4-5-18(12-19)28(30,31)32/h4-13,24H,14-15H2,1-3H3,(H,33,36)/t24-/m1/s1. The topological polar surface area (TPSA) is 80.2 Å². The van der Waals surface area contributed by atoms with Crippen LogP contribution in [0.25, 0.3) is 0 Å². The third-order valence-electron chi connectivity index (χ3n) is 6.03. The number of nitrogens with zero attached hydrogens (tertiary/aromatic N) is 2. The maximum absolute atomic E-state index is 13.5. The lowest BCUT2D eigenvalue weighted by molar-refractivity contribution is -0.137. The Balaban J connectivity index is 1.58. The zero-order valence-corrected chi connectivity index (χ0v) is 23.3. The number of benzene rings is 3. The van der Waals surface area contributed by atoms with E-state index in [-0.39, 0.29) is 24.6 Å². The Bertz CT molecular complexity index is 1460. The molecule has 210 valence electrons. The van der Waals surface area contributed by atoms with Gasteiger partial charge in [0.05, 0.1) is 32.0 Å². The number of aliphatic imine (C=N–C) groups is 1. The molecule has 4 rings (SSSR count). The van der Waals surface area contributed by atoms with Crippen molar-refractivity contribution in [2.45, 2.75) is 31.3 Å². The highest BCUT2D eigenvalue weighted by Crippen LogP contribution is 2.36. The second-order valence-electron chi connectivity index (χ2n) is 8.88. The molecule has 2 amide bonds. The van der Waals surface area contributed by atoms with Crippen LogP contribution in [0.4, 0.5) is 24.5 Å². The van der Waals surface area contributed by atoms with Gasteiger partial charge < -0.3 is 14.8 Å².